The lowest BCUT2D eigenvalue weighted by molar-refractivity contribution is 0.236. The molecule has 0 aromatic carbocycles. The summed E-state index contributed by atoms with van der Waals surface area (Å²) < 4.78 is 5.69. The van der Waals surface area contributed by atoms with Gasteiger partial charge in [-0.2, -0.15) is 0 Å². The monoisotopic (exact) mass is 238 g/mol. The van der Waals surface area contributed by atoms with Gasteiger partial charge >= 0.3 is 0 Å². The van der Waals surface area contributed by atoms with Crippen molar-refractivity contribution < 1.29 is 4.74 Å². The molecule has 0 radical (unpaired) electrons. The summed E-state index contributed by atoms with van der Waals surface area (Å²) in [7, 11) is 0. The fourth-order valence-electron chi connectivity index (χ4n) is 2.37. The quantitative estimate of drug-likeness (QED) is 0.821. The minimum Gasteiger partial charge on any atom is -0.489 e. The number of nitrogens with one attached hydrogen (secondary N) is 1. The van der Waals surface area contributed by atoms with Crippen molar-refractivity contribution in [3.8, 4) is 5.75 Å². The molecular weight excluding hydrogens is 224 g/mol. The molecule has 1 aliphatic heterocycles. The van der Waals surface area contributed by atoms with Gasteiger partial charge in [-0.3, -0.25) is 0 Å². The van der Waals surface area contributed by atoms with Crippen LogP contribution in [0.5, 0.6) is 5.75 Å². The number of pyridine rings is 1. The normalized spacial score (nSPS) is 31.9. The molecule has 2 fully saturated rings. The van der Waals surface area contributed by atoms with Crippen LogP contribution in [0.3, 0.4) is 0 Å². The van der Waals surface area contributed by atoms with Gasteiger partial charge in [0.25, 0.3) is 0 Å². The molecule has 2 heterocycles. The topological polar surface area (TPSA) is 34.1 Å². The van der Waals surface area contributed by atoms with E-state index in [1.807, 2.05) is 12.1 Å². The summed E-state index contributed by atoms with van der Waals surface area (Å²) >= 11 is 5.92. The van der Waals surface area contributed by atoms with Crippen LogP contribution in [0, 0.1) is 5.92 Å². The Hall–Kier alpha value is -0.800. The van der Waals surface area contributed by atoms with Crippen LogP contribution in [0.4, 0.5) is 0 Å². The van der Waals surface area contributed by atoms with Crippen LogP contribution >= 0.6 is 11.6 Å². The van der Waals surface area contributed by atoms with Crippen molar-refractivity contribution in [2.45, 2.75) is 31.3 Å². The Balaban J connectivity index is 1.54. The molecule has 1 aromatic rings. The zero-order chi connectivity index (χ0) is 11.0. The minimum atomic E-state index is 0.447. The zero-order valence-corrected chi connectivity index (χ0v) is 9.78. The minimum absolute atomic E-state index is 0.447. The van der Waals surface area contributed by atoms with E-state index in [0.717, 1.165) is 12.0 Å². The predicted molar refractivity (Wildman–Crippen MR) is 62.8 cm³/mol. The van der Waals surface area contributed by atoms with E-state index in [-0.39, 0.29) is 0 Å². The molecule has 3 nitrogen and oxygen atoms in total. The van der Waals surface area contributed by atoms with Crippen LogP contribution in [0.25, 0.3) is 0 Å². The number of halogens is 1. The van der Waals surface area contributed by atoms with Gasteiger partial charge < -0.3 is 10.1 Å². The number of hydrogen-bond donors (Lipinski definition) is 1. The first kappa shape index (κ1) is 10.4. The smallest absolute Gasteiger partial charge is 0.171 e. The average molecular weight is 239 g/mol. The maximum absolute atomic E-state index is 5.92. The van der Waals surface area contributed by atoms with Crippen molar-refractivity contribution in [1.29, 1.82) is 0 Å². The fraction of sp³-hybridized carbons (Fsp3) is 0.583. The Morgan fingerprint density at radius 3 is 3.25 bits per heavy atom. The van der Waals surface area contributed by atoms with E-state index in [9.17, 15) is 0 Å². The second-order valence-corrected chi connectivity index (χ2v) is 5.00. The van der Waals surface area contributed by atoms with Crippen molar-refractivity contribution in [3.05, 3.63) is 23.5 Å². The first-order valence-corrected chi connectivity index (χ1v) is 6.20. The molecule has 1 saturated heterocycles. The number of ether oxygens (including phenoxy) is 1. The van der Waals surface area contributed by atoms with Crippen LogP contribution in [0.1, 0.15) is 19.3 Å². The lowest BCUT2D eigenvalue weighted by Gasteiger charge is -2.23. The van der Waals surface area contributed by atoms with Gasteiger partial charge in [-0.05, 0) is 37.3 Å². The molecule has 16 heavy (non-hydrogen) atoms. The molecule has 1 aromatic heterocycles. The highest BCUT2D eigenvalue weighted by molar-refractivity contribution is 6.30. The first-order valence-electron chi connectivity index (χ1n) is 5.82. The van der Waals surface area contributed by atoms with Crippen LogP contribution in [-0.4, -0.2) is 23.7 Å². The van der Waals surface area contributed by atoms with Gasteiger partial charge in [-0.15, -0.1) is 0 Å². The number of hydrogen-bond acceptors (Lipinski definition) is 3. The molecule has 1 saturated carbocycles. The molecule has 3 rings (SSSR count). The van der Waals surface area contributed by atoms with Crippen molar-refractivity contribution in [2.75, 3.05) is 6.61 Å². The van der Waals surface area contributed by atoms with E-state index < -0.39 is 0 Å². The van der Waals surface area contributed by atoms with Crippen LogP contribution in [-0.2, 0) is 0 Å². The molecular formula is C12H15ClN2O. The highest BCUT2D eigenvalue weighted by Crippen LogP contribution is 2.39. The molecule has 0 unspecified atom stereocenters. The summed E-state index contributed by atoms with van der Waals surface area (Å²) in [5.41, 5.74) is 0. The van der Waals surface area contributed by atoms with Gasteiger partial charge in [0, 0.05) is 18.3 Å². The van der Waals surface area contributed by atoms with Crippen molar-refractivity contribution in [3.63, 3.8) is 0 Å². The maximum Gasteiger partial charge on any atom is 0.171 e. The Bertz CT molecular complexity index is 385. The van der Waals surface area contributed by atoms with Gasteiger partial charge in [-0.25, -0.2) is 4.98 Å². The second kappa shape index (κ2) is 4.22. The molecule has 86 valence electrons. The Labute approximate surface area is 100 Å². The van der Waals surface area contributed by atoms with E-state index in [0.29, 0.717) is 23.6 Å². The van der Waals surface area contributed by atoms with Crippen LogP contribution < -0.4 is 10.1 Å². The standard InChI is InChI=1S/C12H15ClN2O/c13-12-11(2-1-5-14-12)16-7-9-4-3-8-6-10(8)15-9/h1-2,5,8-10,15H,3-4,6-7H2/t8-,9-,10+/m0/s1. The van der Waals surface area contributed by atoms with Crippen molar-refractivity contribution >= 4 is 11.6 Å². The van der Waals surface area contributed by atoms with E-state index in [2.05, 4.69) is 10.3 Å². The number of nitrogens with zero attached hydrogens (tertiary/aromatic N) is 1. The zero-order valence-electron chi connectivity index (χ0n) is 9.03. The van der Waals surface area contributed by atoms with Crippen LogP contribution in [0.15, 0.2) is 18.3 Å². The summed E-state index contributed by atoms with van der Waals surface area (Å²) in [6.45, 7) is 0.689. The van der Waals surface area contributed by atoms with E-state index in [1.165, 1.54) is 19.3 Å². The molecule has 0 bridgehead atoms. The van der Waals surface area contributed by atoms with Crippen LogP contribution in [0.2, 0.25) is 5.15 Å². The SMILES string of the molecule is Clc1ncccc1OC[C@@H]1CC[C@H]2C[C@H]2N1. The van der Waals surface area contributed by atoms with Gasteiger partial charge in [0.2, 0.25) is 0 Å². The van der Waals surface area contributed by atoms with E-state index >= 15 is 0 Å². The third kappa shape index (κ3) is 2.15. The number of rotatable bonds is 3. The molecule has 2 aliphatic rings. The molecule has 0 amide bonds. The predicted octanol–water partition coefficient (Wildman–Crippen LogP) is 2.25. The lowest BCUT2D eigenvalue weighted by Crippen LogP contribution is -2.39. The highest BCUT2D eigenvalue weighted by Gasteiger charge is 2.41. The number of piperidine rings is 1. The highest BCUT2D eigenvalue weighted by atomic mass is 35.5. The molecule has 1 N–H and O–H groups in total. The lowest BCUT2D eigenvalue weighted by atomic mass is 10.1. The van der Waals surface area contributed by atoms with Gasteiger partial charge in [0.15, 0.2) is 10.9 Å². The Morgan fingerprint density at radius 1 is 1.50 bits per heavy atom. The number of aromatic nitrogens is 1. The maximum atomic E-state index is 5.92. The third-order valence-corrected chi connectivity index (χ3v) is 3.71. The second-order valence-electron chi connectivity index (χ2n) is 4.65. The third-order valence-electron chi connectivity index (χ3n) is 3.42. The summed E-state index contributed by atoms with van der Waals surface area (Å²) in [6.07, 6.45) is 5.57. The summed E-state index contributed by atoms with van der Waals surface area (Å²) in [5.74, 6) is 1.63. The fourth-order valence-corrected chi connectivity index (χ4v) is 2.55. The summed E-state index contributed by atoms with van der Waals surface area (Å²) in [5, 5.41) is 4.04. The Kier molecular flexibility index (Phi) is 2.74. The van der Waals surface area contributed by atoms with Gasteiger partial charge in [-0.1, -0.05) is 11.6 Å². The summed E-state index contributed by atoms with van der Waals surface area (Å²) in [4.78, 5) is 3.99. The summed E-state index contributed by atoms with van der Waals surface area (Å²) in [6, 6.07) is 4.93. The molecule has 0 spiro atoms. The van der Waals surface area contributed by atoms with Crippen molar-refractivity contribution in [1.82, 2.24) is 10.3 Å². The molecule has 4 heteroatoms. The molecule has 3 atom stereocenters. The van der Waals surface area contributed by atoms with E-state index in [1.54, 1.807) is 6.20 Å². The Morgan fingerprint density at radius 2 is 2.44 bits per heavy atom. The largest absolute Gasteiger partial charge is 0.489 e. The van der Waals surface area contributed by atoms with Gasteiger partial charge in [0.1, 0.15) is 6.61 Å². The van der Waals surface area contributed by atoms with Gasteiger partial charge in [0.05, 0.1) is 0 Å². The van der Waals surface area contributed by atoms with E-state index in [4.69, 9.17) is 16.3 Å². The van der Waals surface area contributed by atoms with Crippen molar-refractivity contribution in [2.24, 2.45) is 5.92 Å². The average Bonchev–Trinajstić information content (AvgIpc) is 3.06. The first-order chi connectivity index (χ1) is 7.83. The molecule has 1 aliphatic carbocycles. The number of fused-ring (bicyclic) bond motifs is 1.